The first-order valence-corrected chi connectivity index (χ1v) is 2.38. The molecule has 7 heavy (non-hydrogen) atoms. The normalized spacial score (nSPS) is 8.57. The van der Waals surface area contributed by atoms with Crippen molar-refractivity contribution in [3.63, 3.8) is 0 Å². The monoisotopic (exact) mass is 96.1 g/mol. The summed E-state index contributed by atoms with van der Waals surface area (Å²) in [7, 11) is 0. The zero-order valence-electron chi connectivity index (χ0n) is 6.44. The molecule has 1 nitrogen and oxygen atoms in total. The predicted octanol–water partition coefficient (Wildman–Crippen LogP) is -1.86. The Hall–Kier alpha value is 0.557. The van der Waals surface area contributed by atoms with Gasteiger partial charge >= 0.3 is 18.9 Å². The van der Waals surface area contributed by atoms with Crippen molar-refractivity contribution in [2.75, 3.05) is 6.61 Å². The first-order valence-electron chi connectivity index (χ1n) is 2.38. The molecule has 0 amide bonds. The van der Waals surface area contributed by atoms with Crippen molar-refractivity contribution in [2.24, 2.45) is 5.92 Å². The van der Waals surface area contributed by atoms with Gasteiger partial charge in [-0.25, -0.2) is 0 Å². The van der Waals surface area contributed by atoms with Gasteiger partial charge in [0, 0.05) is 6.61 Å². The summed E-state index contributed by atoms with van der Waals surface area (Å²) >= 11 is 0. The first kappa shape index (κ1) is 10.5. The van der Waals surface area contributed by atoms with E-state index in [1.807, 2.05) is 0 Å². The van der Waals surface area contributed by atoms with Crippen molar-refractivity contribution in [1.29, 1.82) is 0 Å². The Labute approximate surface area is 58.8 Å². The second kappa shape index (κ2) is 6.56. The maximum Gasteiger partial charge on any atom is 1.00 e. The Kier molecular flexibility index (Phi) is 9.86. The molecule has 0 spiro atoms. The maximum absolute atomic E-state index is 8.24. The largest absolute Gasteiger partial charge is 1.00 e. The number of hydrogen-bond acceptors (Lipinski definition) is 1. The summed E-state index contributed by atoms with van der Waals surface area (Å²) in [6, 6.07) is 0. The van der Waals surface area contributed by atoms with Crippen LogP contribution in [0.2, 0.25) is 0 Å². The van der Waals surface area contributed by atoms with Crippen LogP contribution in [-0.2, 0) is 0 Å². The molecule has 0 saturated carbocycles. The fraction of sp³-hybridized carbons (Fsp3) is 1.00. The summed E-state index contributed by atoms with van der Waals surface area (Å²) in [5.41, 5.74) is 0. The van der Waals surface area contributed by atoms with E-state index in [0.29, 0.717) is 12.5 Å². The van der Waals surface area contributed by atoms with Gasteiger partial charge in [0.15, 0.2) is 0 Å². The van der Waals surface area contributed by atoms with Crippen LogP contribution in [-0.4, -0.2) is 11.7 Å². The average molecular weight is 96.1 g/mol. The molecule has 0 fully saturated rings. The topological polar surface area (TPSA) is 20.2 Å². The Morgan fingerprint density at radius 1 is 1.57 bits per heavy atom. The predicted molar refractivity (Wildman–Crippen MR) is 27.7 cm³/mol. The molecule has 0 radical (unpaired) electrons. The van der Waals surface area contributed by atoms with Gasteiger partial charge in [0.25, 0.3) is 0 Å². The standard InChI is InChI=1S/C5H12O.Li.H/c1-5(2)3-4-6;;/h5-6H,3-4H2,1-2H3;;/q;+1;-1. The van der Waals surface area contributed by atoms with E-state index in [4.69, 9.17) is 5.11 Å². The first-order chi connectivity index (χ1) is 2.77. The minimum absolute atomic E-state index is 0. The fourth-order valence-corrected chi connectivity index (χ4v) is 0.258. The summed E-state index contributed by atoms with van der Waals surface area (Å²) < 4.78 is 0. The van der Waals surface area contributed by atoms with Crippen LogP contribution < -0.4 is 18.9 Å². The summed E-state index contributed by atoms with van der Waals surface area (Å²) in [5.74, 6) is 0.648. The summed E-state index contributed by atoms with van der Waals surface area (Å²) in [5, 5.41) is 8.24. The molecule has 0 bridgehead atoms. The Morgan fingerprint density at radius 2 is 2.00 bits per heavy atom. The summed E-state index contributed by atoms with van der Waals surface area (Å²) in [6.45, 7) is 4.52. The van der Waals surface area contributed by atoms with Crippen molar-refractivity contribution in [3.05, 3.63) is 0 Å². The van der Waals surface area contributed by atoms with E-state index in [9.17, 15) is 0 Å². The van der Waals surface area contributed by atoms with Gasteiger partial charge in [-0.2, -0.15) is 0 Å². The SMILES string of the molecule is CC(C)CCO.[H-].[Li+]. The number of aliphatic hydroxyl groups excluding tert-OH is 1. The van der Waals surface area contributed by atoms with Gasteiger partial charge in [-0.3, -0.25) is 0 Å². The van der Waals surface area contributed by atoms with Gasteiger partial charge in [-0.05, 0) is 12.3 Å². The van der Waals surface area contributed by atoms with Gasteiger partial charge in [-0.15, -0.1) is 0 Å². The van der Waals surface area contributed by atoms with Gasteiger partial charge in [0.2, 0.25) is 0 Å². The number of rotatable bonds is 2. The van der Waals surface area contributed by atoms with Crippen LogP contribution >= 0.6 is 0 Å². The maximum atomic E-state index is 8.24. The zero-order chi connectivity index (χ0) is 4.99. The molecule has 1 N–H and O–H groups in total. The van der Waals surface area contributed by atoms with Gasteiger partial charge in [0.05, 0.1) is 0 Å². The molecule has 0 rings (SSSR count). The minimum Gasteiger partial charge on any atom is -1.00 e. The van der Waals surface area contributed by atoms with E-state index in [0.717, 1.165) is 6.42 Å². The average Bonchev–Trinajstić information content (AvgIpc) is 1.35. The van der Waals surface area contributed by atoms with E-state index in [2.05, 4.69) is 13.8 Å². The van der Waals surface area contributed by atoms with E-state index >= 15 is 0 Å². The molecule has 0 aliphatic rings. The number of aliphatic hydroxyl groups is 1. The molecule has 0 aromatic heterocycles. The Balaban J connectivity index is -0.000000125. The number of hydrogen-bond donors (Lipinski definition) is 1. The molecule has 0 aliphatic carbocycles. The van der Waals surface area contributed by atoms with Crippen LogP contribution in [0.3, 0.4) is 0 Å². The van der Waals surface area contributed by atoms with Crippen LogP contribution in [0.15, 0.2) is 0 Å². The second-order valence-electron chi connectivity index (χ2n) is 1.91. The Bertz CT molecular complexity index is 33.6. The van der Waals surface area contributed by atoms with Crippen molar-refractivity contribution in [1.82, 2.24) is 0 Å². The smallest absolute Gasteiger partial charge is 1.00 e. The third-order valence-electron chi connectivity index (χ3n) is 0.706. The Morgan fingerprint density at radius 3 is 2.00 bits per heavy atom. The molecule has 0 aromatic rings. The molecule has 2 heteroatoms. The quantitative estimate of drug-likeness (QED) is 0.400. The second-order valence-corrected chi connectivity index (χ2v) is 1.91. The fourth-order valence-electron chi connectivity index (χ4n) is 0.258. The molecule has 40 valence electrons. The van der Waals surface area contributed by atoms with Gasteiger partial charge < -0.3 is 6.53 Å². The van der Waals surface area contributed by atoms with E-state index in [-0.39, 0.29) is 20.3 Å². The minimum atomic E-state index is 0. The van der Waals surface area contributed by atoms with Crippen LogP contribution in [0, 0.1) is 5.92 Å². The van der Waals surface area contributed by atoms with Crippen molar-refractivity contribution < 1.29 is 25.4 Å². The molecule has 0 unspecified atom stereocenters. The molecular weight excluding hydrogens is 83.0 g/mol. The molecule has 0 aliphatic heterocycles. The van der Waals surface area contributed by atoms with Gasteiger partial charge in [0.1, 0.15) is 0 Å². The summed E-state index contributed by atoms with van der Waals surface area (Å²) in [6.07, 6.45) is 0.931. The van der Waals surface area contributed by atoms with Crippen LogP contribution in [0.4, 0.5) is 0 Å². The van der Waals surface area contributed by atoms with Crippen molar-refractivity contribution in [2.45, 2.75) is 20.3 Å². The molecular formula is C5H13LiO. The summed E-state index contributed by atoms with van der Waals surface area (Å²) in [4.78, 5) is 0. The van der Waals surface area contributed by atoms with E-state index < -0.39 is 0 Å². The third kappa shape index (κ3) is 10.8. The van der Waals surface area contributed by atoms with E-state index in [1.54, 1.807) is 0 Å². The van der Waals surface area contributed by atoms with Gasteiger partial charge in [-0.1, -0.05) is 13.8 Å². The molecule has 0 aromatic carbocycles. The van der Waals surface area contributed by atoms with Crippen molar-refractivity contribution in [3.8, 4) is 0 Å². The molecule has 0 heterocycles. The zero-order valence-corrected chi connectivity index (χ0v) is 5.44. The van der Waals surface area contributed by atoms with E-state index in [1.165, 1.54) is 0 Å². The molecule has 0 saturated heterocycles. The van der Waals surface area contributed by atoms with Crippen LogP contribution in [0.1, 0.15) is 21.7 Å². The van der Waals surface area contributed by atoms with Crippen molar-refractivity contribution >= 4 is 0 Å². The van der Waals surface area contributed by atoms with Crippen LogP contribution in [0.25, 0.3) is 0 Å². The molecule has 0 atom stereocenters. The van der Waals surface area contributed by atoms with Crippen LogP contribution in [0.5, 0.6) is 0 Å². The third-order valence-corrected chi connectivity index (χ3v) is 0.706.